The van der Waals surface area contributed by atoms with Crippen LogP contribution < -0.4 is 5.32 Å². The van der Waals surface area contributed by atoms with Crippen LogP contribution in [0.2, 0.25) is 0 Å². The summed E-state index contributed by atoms with van der Waals surface area (Å²) in [7, 11) is 1.87. The van der Waals surface area contributed by atoms with Crippen LogP contribution in [-0.2, 0) is 11.8 Å². The van der Waals surface area contributed by atoms with E-state index in [-0.39, 0.29) is 11.2 Å². The summed E-state index contributed by atoms with van der Waals surface area (Å²) in [5, 5.41) is 11.7. The Morgan fingerprint density at radius 1 is 1.55 bits per heavy atom. The fourth-order valence-corrected chi connectivity index (χ4v) is 2.62. The number of hydrogen-bond acceptors (Lipinski definition) is 5. The van der Waals surface area contributed by atoms with Crippen molar-refractivity contribution in [2.45, 2.75) is 36.2 Å². The second-order valence-electron chi connectivity index (χ2n) is 4.89. The molecule has 3 rings (SSSR count). The second kappa shape index (κ2) is 5.32. The molecule has 2 aromatic heterocycles. The van der Waals surface area contributed by atoms with Gasteiger partial charge in [-0.15, -0.1) is 10.2 Å². The number of carbonyl (C=O) groups is 1. The van der Waals surface area contributed by atoms with E-state index in [2.05, 4.69) is 15.5 Å². The van der Waals surface area contributed by atoms with Crippen molar-refractivity contribution < 1.29 is 9.21 Å². The summed E-state index contributed by atoms with van der Waals surface area (Å²) < 4.78 is 7.15. The van der Waals surface area contributed by atoms with Crippen LogP contribution in [0.15, 0.2) is 28.0 Å². The molecule has 7 heteroatoms. The largest absolute Gasteiger partial charge is 0.461 e. The third kappa shape index (κ3) is 2.72. The highest BCUT2D eigenvalue weighted by molar-refractivity contribution is 8.00. The van der Waals surface area contributed by atoms with Gasteiger partial charge in [-0.3, -0.25) is 4.79 Å². The SMILES string of the molecule is C[C@@H](Sc1nnc(-c2ccco2)n1C)C(=O)NC1CC1. The van der Waals surface area contributed by atoms with E-state index in [0.29, 0.717) is 22.8 Å². The van der Waals surface area contributed by atoms with Crippen LogP contribution in [0.25, 0.3) is 11.6 Å². The molecule has 106 valence electrons. The molecule has 1 aliphatic carbocycles. The normalized spacial score (nSPS) is 16.1. The Labute approximate surface area is 120 Å². The summed E-state index contributed by atoms with van der Waals surface area (Å²) in [6.07, 6.45) is 3.79. The molecule has 1 aliphatic rings. The van der Waals surface area contributed by atoms with Gasteiger partial charge in [0.1, 0.15) is 0 Å². The lowest BCUT2D eigenvalue weighted by Gasteiger charge is -2.10. The first-order chi connectivity index (χ1) is 9.65. The second-order valence-corrected chi connectivity index (χ2v) is 6.19. The Hall–Kier alpha value is -1.76. The molecule has 1 amide bonds. The first kappa shape index (κ1) is 13.2. The van der Waals surface area contributed by atoms with Gasteiger partial charge in [-0.1, -0.05) is 11.8 Å². The van der Waals surface area contributed by atoms with E-state index in [1.807, 2.05) is 30.7 Å². The Kier molecular flexibility index (Phi) is 3.52. The van der Waals surface area contributed by atoms with Gasteiger partial charge in [-0.2, -0.15) is 0 Å². The topological polar surface area (TPSA) is 73.0 Å². The molecule has 1 N–H and O–H groups in total. The smallest absolute Gasteiger partial charge is 0.233 e. The highest BCUT2D eigenvalue weighted by atomic mass is 32.2. The van der Waals surface area contributed by atoms with Crippen molar-refractivity contribution in [3.05, 3.63) is 18.4 Å². The maximum absolute atomic E-state index is 11.9. The van der Waals surface area contributed by atoms with Gasteiger partial charge in [-0.05, 0) is 31.9 Å². The van der Waals surface area contributed by atoms with Crippen molar-refractivity contribution in [3.63, 3.8) is 0 Å². The zero-order valence-corrected chi connectivity index (χ0v) is 12.2. The summed E-state index contributed by atoms with van der Waals surface area (Å²) >= 11 is 1.40. The minimum atomic E-state index is -0.192. The van der Waals surface area contributed by atoms with Crippen LogP contribution >= 0.6 is 11.8 Å². The lowest BCUT2D eigenvalue weighted by Crippen LogP contribution is -2.32. The number of nitrogens with one attached hydrogen (secondary N) is 1. The maximum Gasteiger partial charge on any atom is 0.233 e. The molecular formula is C13H16N4O2S. The van der Waals surface area contributed by atoms with E-state index >= 15 is 0 Å². The Balaban J connectivity index is 1.69. The molecule has 0 radical (unpaired) electrons. The lowest BCUT2D eigenvalue weighted by atomic mass is 10.4. The van der Waals surface area contributed by atoms with E-state index in [9.17, 15) is 4.79 Å². The molecule has 6 nitrogen and oxygen atoms in total. The standard InChI is InChI=1S/C13H16N4O2S/c1-8(12(18)14-9-5-6-9)20-13-16-15-11(17(13)2)10-4-3-7-19-10/h3-4,7-9H,5-6H2,1-2H3,(H,14,18)/t8-/m1/s1. The van der Waals surface area contributed by atoms with Gasteiger partial charge in [0.15, 0.2) is 16.7 Å². The Morgan fingerprint density at radius 2 is 2.35 bits per heavy atom. The predicted octanol–water partition coefficient (Wildman–Crippen LogP) is 1.83. The quantitative estimate of drug-likeness (QED) is 0.851. The molecular weight excluding hydrogens is 276 g/mol. The highest BCUT2D eigenvalue weighted by Gasteiger charge is 2.27. The minimum absolute atomic E-state index is 0.0556. The monoisotopic (exact) mass is 292 g/mol. The van der Waals surface area contributed by atoms with E-state index in [1.165, 1.54) is 11.8 Å². The van der Waals surface area contributed by atoms with Gasteiger partial charge >= 0.3 is 0 Å². The van der Waals surface area contributed by atoms with Crippen LogP contribution in [0.5, 0.6) is 0 Å². The number of aromatic nitrogens is 3. The maximum atomic E-state index is 11.9. The van der Waals surface area contributed by atoms with Gasteiger partial charge in [0.2, 0.25) is 5.91 Å². The summed E-state index contributed by atoms with van der Waals surface area (Å²) in [4.78, 5) is 11.9. The highest BCUT2D eigenvalue weighted by Crippen LogP contribution is 2.26. The first-order valence-electron chi connectivity index (χ1n) is 6.55. The van der Waals surface area contributed by atoms with Gasteiger partial charge in [-0.25, -0.2) is 0 Å². The molecule has 0 unspecified atom stereocenters. The number of furan rings is 1. The molecule has 2 heterocycles. The minimum Gasteiger partial charge on any atom is -0.461 e. The third-order valence-electron chi connectivity index (χ3n) is 3.15. The van der Waals surface area contributed by atoms with Crippen molar-refractivity contribution in [3.8, 4) is 11.6 Å². The number of amides is 1. The van der Waals surface area contributed by atoms with Gasteiger partial charge in [0.25, 0.3) is 0 Å². The zero-order valence-electron chi connectivity index (χ0n) is 11.4. The Bertz CT molecular complexity index is 604. The molecule has 1 fully saturated rings. The van der Waals surface area contributed by atoms with Gasteiger partial charge in [0, 0.05) is 13.1 Å². The predicted molar refractivity (Wildman–Crippen MR) is 75.2 cm³/mol. The summed E-state index contributed by atoms with van der Waals surface area (Å²) in [6.45, 7) is 1.88. The Morgan fingerprint density at radius 3 is 3.00 bits per heavy atom. The van der Waals surface area contributed by atoms with Crippen molar-refractivity contribution in [1.29, 1.82) is 0 Å². The van der Waals surface area contributed by atoms with Gasteiger partial charge in [0.05, 0.1) is 11.5 Å². The van der Waals surface area contributed by atoms with Crippen molar-refractivity contribution >= 4 is 17.7 Å². The molecule has 0 spiro atoms. The van der Waals surface area contributed by atoms with Crippen LogP contribution in [0.3, 0.4) is 0 Å². The van der Waals surface area contributed by atoms with Gasteiger partial charge < -0.3 is 14.3 Å². The van der Waals surface area contributed by atoms with Crippen LogP contribution in [0.4, 0.5) is 0 Å². The molecule has 0 saturated heterocycles. The average Bonchev–Trinajstić information content (AvgIpc) is 2.94. The number of rotatable bonds is 5. The van der Waals surface area contributed by atoms with E-state index < -0.39 is 0 Å². The van der Waals surface area contributed by atoms with Crippen LogP contribution in [0.1, 0.15) is 19.8 Å². The van der Waals surface area contributed by atoms with Crippen molar-refractivity contribution in [1.82, 2.24) is 20.1 Å². The number of nitrogens with zero attached hydrogens (tertiary/aromatic N) is 3. The number of carbonyl (C=O) groups excluding carboxylic acids is 1. The van der Waals surface area contributed by atoms with Crippen molar-refractivity contribution in [2.75, 3.05) is 0 Å². The zero-order chi connectivity index (χ0) is 14.1. The van der Waals surface area contributed by atoms with Crippen LogP contribution in [0, 0.1) is 0 Å². The van der Waals surface area contributed by atoms with E-state index in [0.717, 1.165) is 12.8 Å². The molecule has 0 aromatic carbocycles. The van der Waals surface area contributed by atoms with Crippen LogP contribution in [-0.4, -0.2) is 32.0 Å². The lowest BCUT2D eigenvalue weighted by molar-refractivity contribution is -0.120. The summed E-state index contributed by atoms with van der Waals surface area (Å²) in [5.74, 6) is 1.38. The number of hydrogen-bond donors (Lipinski definition) is 1. The average molecular weight is 292 g/mol. The number of thioether (sulfide) groups is 1. The molecule has 0 bridgehead atoms. The molecule has 2 aromatic rings. The molecule has 1 saturated carbocycles. The first-order valence-corrected chi connectivity index (χ1v) is 7.43. The fraction of sp³-hybridized carbons (Fsp3) is 0.462. The fourth-order valence-electron chi connectivity index (χ4n) is 1.80. The third-order valence-corrected chi connectivity index (χ3v) is 4.29. The summed E-state index contributed by atoms with van der Waals surface area (Å²) in [6, 6.07) is 4.02. The van der Waals surface area contributed by atoms with E-state index in [1.54, 1.807) is 6.26 Å². The van der Waals surface area contributed by atoms with E-state index in [4.69, 9.17) is 4.42 Å². The molecule has 20 heavy (non-hydrogen) atoms. The molecule has 1 atom stereocenters. The summed E-state index contributed by atoms with van der Waals surface area (Å²) in [5.41, 5.74) is 0. The molecule has 0 aliphatic heterocycles. The van der Waals surface area contributed by atoms with Crippen molar-refractivity contribution in [2.24, 2.45) is 7.05 Å².